The van der Waals surface area contributed by atoms with Crippen molar-refractivity contribution < 1.29 is 13.3 Å². The molecule has 0 spiro atoms. The normalized spacial score (nSPS) is 12.0. The van der Waals surface area contributed by atoms with Crippen LogP contribution in [0.5, 0.6) is 0 Å². The number of benzene rings is 8. The molecule has 258 valence electrons. The molecule has 12 rings (SSSR count). The number of hydrogen-bond donors (Lipinski definition) is 0. The van der Waals surface area contributed by atoms with Crippen LogP contribution in [0.1, 0.15) is 0 Å². The summed E-state index contributed by atoms with van der Waals surface area (Å²) in [7, 11) is 0. The highest BCUT2D eigenvalue weighted by Crippen LogP contribution is 2.46. The zero-order chi connectivity index (χ0) is 36.0. The average Bonchev–Trinajstić information content (AvgIpc) is 4.02. The second-order valence-corrected chi connectivity index (χ2v) is 13.9. The van der Waals surface area contributed by atoms with Crippen molar-refractivity contribution in [1.29, 1.82) is 0 Å². The molecule has 0 unspecified atom stereocenters. The Labute approximate surface area is 313 Å². The van der Waals surface area contributed by atoms with Gasteiger partial charge in [0.2, 0.25) is 5.89 Å². The van der Waals surface area contributed by atoms with E-state index in [9.17, 15) is 0 Å². The van der Waals surface area contributed by atoms with Crippen LogP contribution in [0, 0.1) is 0 Å². The van der Waals surface area contributed by atoms with Gasteiger partial charge in [0.1, 0.15) is 22.3 Å². The topological polar surface area (TPSA) is 60.5 Å². The summed E-state index contributed by atoms with van der Waals surface area (Å²) in [6, 6.07) is 60.8. The third-order valence-corrected chi connectivity index (χ3v) is 10.8. The Morgan fingerprint density at radius 1 is 0.436 bits per heavy atom. The van der Waals surface area contributed by atoms with Gasteiger partial charge in [-0.2, -0.15) is 0 Å². The SMILES string of the molecule is c1ccc(-c2nc3c(ccc4oc5cc(N(c6ccc7c(c6)c6ccccc6n7-c6ccccc6)c6cccc7c6oc6ccccc67)ccc5c43)o2)cc1. The fourth-order valence-corrected chi connectivity index (χ4v) is 8.38. The highest BCUT2D eigenvalue weighted by molar-refractivity contribution is 6.18. The van der Waals surface area contributed by atoms with Crippen molar-refractivity contribution in [3.05, 3.63) is 176 Å². The Hall–Kier alpha value is -7.57. The molecule has 0 aliphatic carbocycles. The standard InChI is InChI=1S/C49H29N3O3/c1-3-12-30(13-4-1)49-50-47-44(55-49)27-26-43-46(47)37-24-22-33(29-45(37)53-43)51(41-20-11-18-36-35-17-8-10-21-42(35)54-48(36)41)32-23-25-40-38(28-32)34-16-7-9-19-39(34)52(40)31-14-5-2-6-15-31/h1-29H. The molecule has 0 aliphatic rings. The summed E-state index contributed by atoms with van der Waals surface area (Å²) >= 11 is 0. The van der Waals surface area contributed by atoms with Crippen LogP contribution in [0.3, 0.4) is 0 Å². The molecule has 55 heavy (non-hydrogen) atoms. The summed E-state index contributed by atoms with van der Waals surface area (Å²) < 4.78 is 21.9. The number of furan rings is 2. The van der Waals surface area contributed by atoms with Gasteiger partial charge in [-0.1, -0.05) is 84.9 Å². The molecular formula is C49H29N3O3. The van der Waals surface area contributed by atoms with E-state index >= 15 is 0 Å². The summed E-state index contributed by atoms with van der Waals surface area (Å²) in [5, 5.41) is 6.40. The lowest BCUT2D eigenvalue weighted by Crippen LogP contribution is -2.10. The molecular weight excluding hydrogens is 679 g/mol. The average molecular weight is 708 g/mol. The van der Waals surface area contributed by atoms with Crippen LogP contribution in [0.2, 0.25) is 0 Å². The van der Waals surface area contributed by atoms with E-state index in [1.165, 1.54) is 5.39 Å². The molecule has 0 N–H and O–H groups in total. The first-order chi connectivity index (χ1) is 27.3. The van der Waals surface area contributed by atoms with Crippen molar-refractivity contribution in [3.63, 3.8) is 0 Å². The van der Waals surface area contributed by atoms with Gasteiger partial charge in [-0.05, 0) is 84.9 Å². The molecule has 4 heterocycles. The molecule has 4 aromatic heterocycles. The highest BCUT2D eigenvalue weighted by Gasteiger charge is 2.23. The zero-order valence-corrected chi connectivity index (χ0v) is 29.3. The summed E-state index contributed by atoms with van der Waals surface area (Å²) in [6.45, 7) is 0. The Bertz CT molecular complexity index is 3440. The first-order valence-electron chi connectivity index (χ1n) is 18.4. The van der Waals surface area contributed by atoms with Gasteiger partial charge >= 0.3 is 0 Å². The van der Waals surface area contributed by atoms with Crippen molar-refractivity contribution >= 4 is 93.8 Å². The molecule has 0 aliphatic heterocycles. The van der Waals surface area contributed by atoms with Crippen LogP contribution in [0.15, 0.2) is 189 Å². The fourth-order valence-electron chi connectivity index (χ4n) is 8.38. The lowest BCUT2D eigenvalue weighted by atomic mass is 10.1. The second-order valence-electron chi connectivity index (χ2n) is 13.9. The van der Waals surface area contributed by atoms with E-state index < -0.39 is 0 Å². The number of hydrogen-bond acceptors (Lipinski definition) is 5. The summed E-state index contributed by atoms with van der Waals surface area (Å²) in [5.41, 5.74) is 11.9. The third kappa shape index (κ3) is 4.46. The van der Waals surface area contributed by atoms with Crippen LogP contribution in [0.4, 0.5) is 17.1 Å². The number of nitrogens with zero attached hydrogens (tertiary/aromatic N) is 3. The van der Waals surface area contributed by atoms with Crippen molar-refractivity contribution in [1.82, 2.24) is 9.55 Å². The van der Waals surface area contributed by atoms with Gasteiger partial charge in [-0.25, -0.2) is 4.98 Å². The van der Waals surface area contributed by atoms with Gasteiger partial charge in [-0.15, -0.1) is 0 Å². The van der Waals surface area contributed by atoms with Crippen molar-refractivity contribution in [2.45, 2.75) is 0 Å². The minimum absolute atomic E-state index is 0.586. The van der Waals surface area contributed by atoms with E-state index in [1.807, 2.05) is 54.6 Å². The van der Waals surface area contributed by atoms with Crippen LogP contribution in [0.25, 0.3) is 93.9 Å². The first-order valence-corrected chi connectivity index (χ1v) is 18.4. The largest absolute Gasteiger partial charge is 0.456 e. The van der Waals surface area contributed by atoms with Crippen molar-refractivity contribution in [2.75, 3.05) is 4.90 Å². The van der Waals surface area contributed by atoms with E-state index in [2.05, 4.69) is 131 Å². The predicted octanol–water partition coefficient (Wildman–Crippen LogP) is 13.9. The number of para-hydroxylation sites is 4. The minimum atomic E-state index is 0.586. The van der Waals surface area contributed by atoms with Gasteiger partial charge in [0.25, 0.3) is 0 Å². The van der Waals surface area contributed by atoms with Crippen molar-refractivity contribution in [3.8, 4) is 17.1 Å². The maximum atomic E-state index is 6.66. The molecule has 0 bridgehead atoms. The predicted molar refractivity (Wildman–Crippen MR) is 223 cm³/mol. The number of rotatable bonds is 5. The molecule has 0 saturated carbocycles. The molecule has 0 fully saturated rings. The molecule has 0 saturated heterocycles. The quantitative estimate of drug-likeness (QED) is 0.178. The maximum Gasteiger partial charge on any atom is 0.227 e. The molecule has 12 aromatic rings. The number of aromatic nitrogens is 2. The smallest absolute Gasteiger partial charge is 0.227 e. The van der Waals surface area contributed by atoms with E-state index in [4.69, 9.17) is 18.2 Å². The molecule has 6 heteroatoms. The number of fused-ring (bicyclic) bond motifs is 11. The van der Waals surface area contributed by atoms with E-state index in [1.54, 1.807) is 0 Å². The molecule has 0 amide bonds. The first kappa shape index (κ1) is 29.9. The lowest BCUT2D eigenvalue weighted by molar-refractivity contribution is 0.619. The lowest BCUT2D eigenvalue weighted by Gasteiger charge is -2.25. The number of anilines is 3. The number of oxazole rings is 1. The second kappa shape index (κ2) is 11.5. The van der Waals surface area contributed by atoms with E-state index in [-0.39, 0.29) is 0 Å². The Kier molecular flexibility index (Phi) is 6.24. The van der Waals surface area contributed by atoms with Crippen molar-refractivity contribution in [2.24, 2.45) is 0 Å². The van der Waals surface area contributed by atoms with Gasteiger partial charge in [0.05, 0.1) is 27.8 Å². The molecule has 8 aromatic carbocycles. The summed E-state index contributed by atoms with van der Waals surface area (Å²) in [4.78, 5) is 7.25. The summed E-state index contributed by atoms with van der Waals surface area (Å²) in [5.74, 6) is 0.586. The molecule has 0 radical (unpaired) electrons. The van der Waals surface area contributed by atoms with Crippen LogP contribution in [-0.4, -0.2) is 9.55 Å². The zero-order valence-electron chi connectivity index (χ0n) is 29.3. The fraction of sp³-hybridized carbons (Fsp3) is 0. The minimum Gasteiger partial charge on any atom is -0.456 e. The van der Waals surface area contributed by atoms with Gasteiger partial charge in [-0.3, -0.25) is 0 Å². The Morgan fingerprint density at radius 2 is 1.15 bits per heavy atom. The van der Waals surface area contributed by atoms with E-state index in [0.717, 1.165) is 99.7 Å². The van der Waals surface area contributed by atoms with Gasteiger partial charge in [0.15, 0.2) is 11.2 Å². The van der Waals surface area contributed by atoms with Crippen LogP contribution < -0.4 is 4.90 Å². The van der Waals surface area contributed by atoms with Crippen LogP contribution in [-0.2, 0) is 0 Å². The molecule has 0 atom stereocenters. The van der Waals surface area contributed by atoms with E-state index in [0.29, 0.717) is 5.89 Å². The monoisotopic (exact) mass is 707 g/mol. The van der Waals surface area contributed by atoms with Gasteiger partial charge in [0, 0.05) is 49.9 Å². The Morgan fingerprint density at radius 3 is 2.04 bits per heavy atom. The van der Waals surface area contributed by atoms with Crippen LogP contribution >= 0.6 is 0 Å². The Balaban J connectivity index is 1.10. The third-order valence-electron chi connectivity index (χ3n) is 10.8. The highest BCUT2D eigenvalue weighted by atomic mass is 16.4. The van der Waals surface area contributed by atoms with Gasteiger partial charge < -0.3 is 22.7 Å². The summed E-state index contributed by atoms with van der Waals surface area (Å²) in [6.07, 6.45) is 0. The maximum absolute atomic E-state index is 6.66. The molecule has 6 nitrogen and oxygen atoms in total.